The van der Waals surface area contributed by atoms with E-state index in [1.54, 1.807) is 29.2 Å². The van der Waals surface area contributed by atoms with Crippen molar-refractivity contribution in [1.29, 1.82) is 0 Å². The van der Waals surface area contributed by atoms with Gasteiger partial charge in [0, 0.05) is 42.2 Å². The van der Waals surface area contributed by atoms with Gasteiger partial charge < -0.3 is 5.32 Å². The van der Waals surface area contributed by atoms with Gasteiger partial charge in [-0.05, 0) is 30.7 Å². The highest BCUT2D eigenvalue weighted by Crippen LogP contribution is 2.33. The first-order chi connectivity index (χ1) is 15.6. The minimum Gasteiger partial charge on any atom is -0.349 e. The Hall–Kier alpha value is -3.07. The molecule has 4 nitrogen and oxygen atoms in total. The number of fused-ring (bicyclic) bond motifs is 1. The summed E-state index contributed by atoms with van der Waals surface area (Å²) in [5.41, 5.74) is 1.45. The van der Waals surface area contributed by atoms with Gasteiger partial charge in [0.1, 0.15) is 0 Å². The van der Waals surface area contributed by atoms with E-state index in [4.69, 9.17) is 0 Å². The van der Waals surface area contributed by atoms with E-state index in [1.165, 1.54) is 18.3 Å². The molecule has 1 aliphatic rings. The topological polar surface area (TPSA) is 45.2 Å². The van der Waals surface area contributed by atoms with Gasteiger partial charge in [0.05, 0.1) is 23.2 Å². The maximum absolute atomic E-state index is 12.8. The van der Waals surface area contributed by atoms with Crippen molar-refractivity contribution in [2.45, 2.75) is 25.6 Å². The highest BCUT2D eigenvalue weighted by atomic mass is 19.4. The van der Waals surface area contributed by atoms with E-state index in [-0.39, 0.29) is 24.4 Å². The molecule has 2 aromatic carbocycles. The van der Waals surface area contributed by atoms with Gasteiger partial charge in [0.15, 0.2) is 0 Å². The summed E-state index contributed by atoms with van der Waals surface area (Å²) in [6.45, 7) is 2.61. The van der Waals surface area contributed by atoms with Crippen LogP contribution in [-0.2, 0) is 6.18 Å². The monoisotopic (exact) mass is 463 g/mol. The van der Waals surface area contributed by atoms with Crippen molar-refractivity contribution >= 4 is 16.8 Å². The molecule has 1 atom stereocenters. The third-order valence-corrected chi connectivity index (χ3v) is 5.94. The molecule has 33 heavy (non-hydrogen) atoms. The molecule has 0 aliphatic carbocycles. The van der Waals surface area contributed by atoms with Crippen molar-refractivity contribution in [3.63, 3.8) is 0 Å². The van der Waals surface area contributed by atoms with Crippen LogP contribution in [0.3, 0.4) is 0 Å². The van der Waals surface area contributed by atoms with Crippen molar-refractivity contribution in [3.05, 3.63) is 65.9 Å². The number of aromatic nitrogens is 1. The molecule has 1 aliphatic heterocycles. The van der Waals surface area contributed by atoms with E-state index in [1.807, 2.05) is 6.92 Å². The predicted octanol–water partition coefficient (Wildman–Crippen LogP) is 5.24. The number of halogens is 5. The smallest absolute Gasteiger partial charge is 0.349 e. The molecule has 1 N–H and O–H groups in total. The number of hydrogen-bond acceptors (Lipinski definition) is 3. The van der Waals surface area contributed by atoms with Crippen LogP contribution >= 0.6 is 0 Å². The molecule has 0 bridgehead atoms. The summed E-state index contributed by atoms with van der Waals surface area (Å²) >= 11 is 0. The number of alkyl halides is 5. The Balaban J connectivity index is 1.48. The number of benzene rings is 2. The highest BCUT2D eigenvalue weighted by molar-refractivity contribution is 6.00. The zero-order valence-corrected chi connectivity index (χ0v) is 17.7. The molecule has 2 heterocycles. The van der Waals surface area contributed by atoms with Crippen molar-refractivity contribution in [1.82, 2.24) is 15.2 Å². The van der Waals surface area contributed by atoms with E-state index in [0.29, 0.717) is 40.7 Å². The molecule has 9 heteroatoms. The van der Waals surface area contributed by atoms with E-state index in [0.717, 1.165) is 12.1 Å². The summed E-state index contributed by atoms with van der Waals surface area (Å²) in [4.78, 5) is 18.8. The van der Waals surface area contributed by atoms with Gasteiger partial charge >= 0.3 is 6.18 Å². The average molecular weight is 463 g/mol. The molecule has 0 spiro atoms. The van der Waals surface area contributed by atoms with Gasteiger partial charge in [-0.2, -0.15) is 13.2 Å². The van der Waals surface area contributed by atoms with Gasteiger partial charge in [-0.3, -0.25) is 14.7 Å². The molecular formula is C24H22F5N3O. The second kappa shape index (κ2) is 9.05. The van der Waals surface area contributed by atoms with E-state index in [9.17, 15) is 26.7 Å². The lowest BCUT2D eigenvalue weighted by Gasteiger charge is -2.42. The lowest BCUT2D eigenvalue weighted by Crippen LogP contribution is -2.56. The molecule has 0 radical (unpaired) electrons. The number of nitrogens with one attached hydrogen (secondary N) is 1. The van der Waals surface area contributed by atoms with Crippen LogP contribution in [0.25, 0.3) is 22.0 Å². The number of para-hydroxylation sites is 1. The number of carbonyl (C=O) groups excluding carboxylic acids is 1. The first kappa shape index (κ1) is 23.1. The number of pyridine rings is 1. The predicted molar refractivity (Wildman–Crippen MR) is 115 cm³/mol. The Labute approximate surface area is 187 Å². The van der Waals surface area contributed by atoms with Crippen LogP contribution in [0.15, 0.2) is 54.7 Å². The molecule has 0 unspecified atom stereocenters. The summed E-state index contributed by atoms with van der Waals surface area (Å²) in [5, 5.41) is 3.58. The van der Waals surface area contributed by atoms with E-state index < -0.39 is 18.2 Å². The molecule has 1 aromatic heterocycles. The number of hydrogen-bond donors (Lipinski definition) is 1. The Kier molecular flexibility index (Phi) is 6.34. The average Bonchev–Trinajstić information content (AvgIpc) is 2.74. The molecular weight excluding hydrogens is 441 g/mol. The minimum absolute atomic E-state index is 0.104. The first-order valence-electron chi connectivity index (χ1n) is 10.5. The summed E-state index contributed by atoms with van der Waals surface area (Å²) in [7, 11) is 0. The number of likely N-dealkylation sites (tertiary alicyclic amines) is 1. The fraction of sp³-hybridized carbons (Fsp3) is 0.333. The maximum atomic E-state index is 12.8. The molecule has 1 fully saturated rings. The van der Waals surface area contributed by atoms with E-state index >= 15 is 0 Å². The largest absolute Gasteiger partial charge is 0.416 e. The van der Waals surface area contributed by atoms with E-state index in [2.05, 4.69) is 10.3 Å². The Morgan fingerprint density at radius 2 is 1.85 bits per heavy atom. The molecule has 1 amide bonds. The third-order valence-electron chi connectivity index (χ3n) is 5.94. The zero-order chi connectivity index (χ0) is 23.8. The zero-order valence-electron chi connectivity index (χ0n) is 17.7. The summed E-state index contributed by atoms with van der Waals surface area (Å²) < 4.78 is 63.4. The Morgan fingerprint density at radius 3 is 2.48 bits per heavy atom. The summed E-state index contributed by atoms with van der Waals surface area (Å²) in [5.74, 6) is -0.212. The molecule has 0 saturated carbocycles. The van der Waals surface area contributed by atoms with Crippen molar-refractivity contribution in [2.75, 3.05) is 19.6 Å². The number of rotatable bonds is 6. The van der Waals surface area contributed by atoms with Crippen LogP contribution in [0.2, 0.25) is 0 Å². The quantitative estimate of drug-likeness (QED) is 0.509. The van der Waals surface area contributed by atoms with Crippen LogP contribution in [0, 0.1) is 5.92 Å². The minimum atomic E-state index is -4.41. The SMILES string of the molecule is C[C@@H](NC(=O)c1cnc2c(-c3ccc(C(F)(F)F)cc3)cccc2c1)C1CN(CC(F)F)C1. The number of amides is 1. The second-order valence-electron chi connectivity index (χ2n) is 8.31. The van der Waals surface area contributed by atoms with Gasteiger partial charge in [-0.25, -0.2) is 8.78 Å². The van der Waals surface area contributed by atoms with Gasteiger partial charge in [0.2, 0.25) is 0 Å². The number of carbonyl (C=O) groups is 1. The van der Waals surface area contributed by atoms with Crippen LogP contribution < -0.4 is 5.32 Å². The van der Waals surface area contributed by atoms with Crippen LogP contribution in [-0.4, -0.2) is 47.9 Å². The highest BCUT2D eigenvalue weighted by Gasteiger charge is 2.33. The standard InChI is InChI=1S/C24H22F5N3O/c1-14(18-11-32(12-18)13-21(25)26)31-23(33)17-9-16-3-2-4-20(22(16)30-10-17)15-5-7-19(8-6-15)24(27,28)29/h2-10,14,18,21H,11-13H2,1H3,(H,31,33)/t14-/m1/s1. The van der Waals surface area contributed by atoms with Gasteiger partial charge in [0.25, 0.3) is 12.3 Å². The van der Waals surface area contributed by atoms with Crippen molar-refractivity contribution in [2.24, 2.45) is 5.92 Å². The van der Waals surface area contributed by atoms with Crippen LogP contribution in [0.4, 0.5) is 22.0 Å². The molecule has 3 aromatic rings. The summed E-state index contributed by atoms with van der Waals surface area (Å²) in [6.07, 6.45) is -5.34. The Bertz CT molecular complexity index is 1140. The first-order valence-corrected chi connectivity index (χ1v) is 10.5. The second-order valence-corrected chi connectivity index (χ2v) is 8.31. The third kappa shape index (κ3) is 5.13. The molecule has 1 saturated heterocycles. The normalized spacial score (nSPS) is 16.1. The maximum Gasteiger partial charge on any atom is 0.416 e. The fourth-order valence-electron chi connectivity index (χ4n) is 4.03. The van der Waals surface area contributed by atoms with Gasteiger partial charge in [-0.15, -0.1) is 0 Å². The fourth-order valence-corrected chi connectivity index (χ4v) is 4.03. The molecule has 174 valence electrons. The number of nitrogens with zero attached hydrogens (tertiary/aromatic N) is 2. The lowest BCUT2D eigenvalue weighted by molar-refractivity contribution is -0.137. The summed E-state index contributed by atoms with van der Waals surface area (Å²) in [6, 6.07) is 11.7. The molecule has 4 rings (SSSR count). The van der Waals surface area contributed by atoms with Crippen LogP contribution in [0.1, 0.15) is 22.8 Å². The van der Waals surface area contributed by atoms with Gasteiger partial charge in [-0.1, -0.05) is 30.3 Å². The van der Waals surface area contributed by atoms with Crippen LogP contribution in [0.5, 0.6) is 0 Å². The van der Waals surface area contributed by atoms with Crippen molar-refractivity contribution in [3.8, 4) is 11.1 Å². The lowest BCUT2D eigenvalue weighted by atomic mass is 9.92. The van der Waals surface area contributed by atoms with Crippen molar-refractivity contribution < 1.29 is 26.7 Å². The Morgan fingerprint density at radius 1 is 1.15 bits per heavy atom.